The van der Waals surface area contributed by atoms with Crippen LogP contribution >= 0.6 is 0 Å². The van der Waals surface area contributed by atoms with Gasteiger partial charge in [-0.15, -0.1) is 0 Å². The fourth-order valence-corrected chi connectivity index (χ4v) is 3.74. The number of alkyl halides is 3. The van der Waals surface area contributed by atoms with Gasteiger partial charge in [-0.1, -0.05) is 48.5 Å². The van der Waals surface area contributed by atoms with Gasteiger partial charge in [-0.3, -0.25) is 19.6 Å². The van der Waals surface area contributed by atoms with E-state index >= 15 is 0 Å². The lowest BCUT2D eigenvalue weighted by atomic mass is 9.89. The van der Waals surface area contributed by atoms with Gasteiger partial charge < -0.3 is 5.32 Å². The standard InChI is InChI=1S/C21H17F3N4O3/c1-13-16(17(29)28(26-13)15-10-6-3-7-11-15)20(21(22,23)24)18(30)27(19(31)25-20)12-14-8-4-2-5-9-14/h2-11,26H,12H2,1H3,(H,25,31). The molecule has 4 rings (SSSR count). The van der Waals surface area contributed by atoms with Crippen molar-refractivity contribution in [2.75, 3.05) is 0 Å². The number of amides is 3. The number of halogens is 3. The monoisotopic (exact) mass is 430 g/mol. The first-order chi connectivity index (χ1) is 14.7. The first-order valence-corrected chi connectivity index (χ1v) is 9.29. The zero-order valence-electron chi connectivity index (χ0n) is 16.2. The lowest BCUT2D eigenvalue weighted by Gasteiger charge is -2.28. The molecule has 31 heavy (non-hydrogen) atoms. The molecule has 0 radical (unpaired) electrons. The average molecular weight is 430 g/mol. The van der Waals surface area contributed by atoms with Crippen molar-refractivity contribution < 1.29 is 22.8 Å². The number of benzene rings is 2. The molecule has 2 N–H and O–H groups in total. The van der Waals surface area contributed by atoms with E-state index in [-0.39, 0.29) is 17.9 Å². The Bertz CT molecular complexity index is 1200. The summed E-state index contributed by atoms with van der Waals surface area (Å²) in [6.07, 6.45) is -5.26. The van der Waals surface area contributed by atoms with E-state index in [0.29, 0.717) is 10.5 Å². The van der Waals surface area contributed by atoms with Crippen molar-refractivity contribution in [2.24, 2.45) is 0 Å². The normalized spacial score (nSPS) is 19.0. The van der Waals surface area contributed by atoms with Crippen molar-refractivity contribution >= 4 is 11.9 Å². The lowest BCUT2D eigenvalue weighted by Crippen LogP contribution is -2.58. The van der Waals surface area contributed by atoms with Crippen molar-refractivity contribution in [1.29, 1.82) is 0 Å². The molecule has 1 saturated heterocycles. The number of aryl methyl sites for hydroxylation is 1. The Labute approximate surface area is 174 Å². The predicted molar refractivity (Wildman–Crippen MR) is 104 cm³/mol. The third kappa shape index (κ3) is 3.11. The smallest absolute Gasteiger partial charge is 0.312 e. The summed E-state index contributed by atoms with van der Waals surface area (Å²) in [6, 6.07) is 14.9. The number of urea groups is 1. The molecule has 0 aliphatic carbocycles. The number of hydrogen-bond donors (Lipinski definition) is 2. The number of carbonyl (C=O) groups excluding carboxylic acids is 2. The highest BCUT2D eigenvalue weighted by atomic mass is 19.4. The van der Waals surface area contributed by atoms with E-state index in [0.717, 1.165) is 4.68 Å². The largest absolute Gasteiger partial charge is 0.425 e. The van der Waals surface area contributed by atoms with Gasteiger partial charge in [-0.05, 0) is 24.6 Å². The van der Waals surface area contributed by atoms with Gasteiger partial charge in [-0.2, -0.15) is 13.2 Å². The maximum Gasteiger partial charge on any atom is 0.425 e. The minimum atomic E-state index is -5.26. The third-order valence-electron chi connectivity index (χ3n) is 5.18. The highest BCUT2D eigenvalue weighted by Gasteiger charge is 2.70. The Hall–Kier alpha value is -3.82. The summed E-state index contributed by atoms with van der Waals surface area (Å²) in [5.74, 6) is -1.55. The summed E-state index contributed by atoms with van der Waals surface area (Å²) >= 11 is 0. The quantitative estimate of drug-likeness (QED) is 0.624. The minimum absolute atomic E-state index is 0.179. The van der Waals surface area contributed by atoms with Gasteiger partial charge in [0.2, 0.25) is 5.54 Å². The van der Waals surface area contributed by atoms with Gasteiger partial charge in [0.05, 0.1) is 17.8 Å². The predicted octanol–water partition coefficient (Wildman–Crippen LogP) is 2.98. The number of hydrogen-bond acceptors (Lipinski definition) is 3. The van der Waals surface area contributed by atoms with E-state index in [2.05, 4.69) is 5.10 Å². The second kappa shape index (κ2) is 7.15. The second-order valence-electron chi connectivity index (χ2n) is 7.14. The molecule has 0 saturated carbocycles. The Morgan fingerprint density at radius 2 is 1.52 bits per heavy atom. The number of para-hydroxylation sites is 1. The molecule has 0 spiro atoms. The van der Waals surface area contributed by atoms with Crippen molar-refractivity contribution in [3.8, 4) is 5.69 Å². The Balaban J connectivity index is 1.86. The Kier molecular flexibility index (Phi) is 4.72. The molecule has 1 aromatic heterocycles. The molecule has 0 bridgehead atoms. The SMILES string of the molecule is Cc1[nH]n(-c2ccccc2)c(=O)c1C1(C(F)(F)F)NC(=O)N(Cc2ccccc2)C1=O. The first kappa shape index (κ1) is 20.5. The second-order valence-corrected chi connectivity index (χ2v) is 7.14. The average Bonchev–Trinajstić information content (AvgIpc) is 3.17. The number of aromatic amines is 1. The van der Waals surface area contributed by atoms with Crippen LogP contribution in [0.4, 0.5) is 18.0 Å². The fourth-order valence-electron chi connectivity index (χ4n) is 3.74. The fraction of sp³-hybridized carbons (Fsp3) is 0.190. The summed E-state index contributed by atoms with van der Waals surface area (Å²) in [7, 11) is 0. The zero-order chi connectivity index (χ0) is 22.4. The number of imide groups is 1. The van der Waals surface area contributed by atoms with Crippen molar-refractivity contribution in [3.63, 3.8) is 0 Å². The van der Waals surface area contributed by atoms with Crippen LogP contribution in [-0.4, -0.2) is 32.8 Å². The third-order valence-corrected chi connectivity index (χ3v) is 5.18. The summed E-state index contributed by atoms with van der Waals surface area (Å²) in [6.45, 7) is 0.892. The van der Waals surface area contributed by atoms with Crippen LogP contribution in [0.15, 0.2) is 65.5 Å². The number of H-pyrrole nitrogens is 1. The van der Waals surface area contributed by atoms with Gasteiger partial charge in [0.1, 0.15) is 0 Å². The van der Waals surface area contributed by atoms with E-state index in [1.807, 2.05) is 0 Å². The molecule has 2 heterocycles. The summed E-state index contributed by atoms with van der Waals surface area (Å²) in [5, 5.41) is 4.35. The van der Waals surface area contributed by atoms with Crippen LogP contribution in [0, 0.1) is 6.92 Å². The van der Waals surface area contributed by atoms with E-state index < -0.39 is 34.8 Å². The van der Waals surface area contributed by atoms with Crippen LogP contribution in [0.25, 0.3) is 5.69 Å². The molecule has 3 aromatic rings. The number of aromatic nitrogens is 2. The van der Waals surface area contributed by atoms with E-state index in [4.69, 9.17) is 0 Å². The zero-order valence-corrected chi connectivity index (χ0v) is 16.2. The van der Waals surface area contributed by atoms with Crippen LogP contribution in [0.3, 0.4) is 0 Å². The number of nitrogens with one attached hydrogen (secondary N) is 2. The Morgan fingerprint density at radius 1 is 0.935 bits per heavy atom. The molecular formula is C21H17F3N4O3. The van der Waals surface area contributed by atoms with Crippen molar-refractivity contribution in [1.82, 2.24) is 20.0 Å². The van der Waals surface area contributed by atoms with Crippen LogP contribution in [-0.2, 0) is 16.9 Å². The van der Waals surface area contributed by atoms with Crippen molar-refractivity contribution in [2.45, 2.75) is 25.2 Å². The Morgan fingerprint density at radius 3 is 2.10 bits per heavy atom. The molecule has 1 aliphatic heterocycles. The summed E-state index contributed by atoms with van der Waals surface area (Å²) < 4.78 is 44.1. The van der Waals surface area contributed by atoms with Crippen LogP contribution < -0.4 is 10.9 Å². The maximum absolute atomic E-state index is 14.4. The molecule has 1 atom stereocenters. The van der Waals surface area contributed by atoms with E-state index in [1.54, 1.807) is 53.8 Å². The molecule has 3 amide bonds. The summed E-state index contributed by atoms with van der Waals surface area (Å²) in [5.41, 5.74) is -4.85. The van der Waals surface area contributed by atoms with Crippen molar-refractivity contribution in [3.05, 3.63) is 87.8 Å². The lowest BCUT2D eigenvalue weighted by molar-refractivity contribution is -0.198. The van der Waals surface area contributed by atoms with Gasteiger partial charge >= 0.3 is 12.2 Å². The first-order valence-electron chi connectivity index (χ1n) is 9.29. The van der Waals surface area contributed by atoms with Gasteiger partial charge in [0.15, 0.2) is 0 Å². The van der Waals surface area contributed by atoms with Gasteiger partial charge in [0.25, 0.3) is 11.5 Å². The van der Waals surface area contributed by atoms with Gasteiger partial charge in [-0.25, -0.2) is 9.48 Å². The molecule has 7 nitrogen and oxygen atoms in total. The van der Waals surface area contributed by atoms with Crippen LogP contribution in [0.5, 0.6) is 0 Å². The topological polar surface area (TPSA) is 87.2 Å². The molecule has 10 heteroatoms. The van der Waals surface area contributed by atoms with Crippen LogP contribution in [0.1, 0.15) is 16.8 Å². The maximum atomic E-state index is 14.4. The summed E-state index contributed by atoms with van der Waals surface area (Å²) in [4.78, 5) is 39.1. The van der Waals surface area contributed by atoms with Gasteiger partial charge in [0, 0.05) is 5.69 Å². The number of rotatable bonds is 4. The number of carbonyl (C=O) groups is 2. The molecule has 1 unspecified atom stereocenters. The molecule has 1 aliphatic rings. The van der Waals surface area contributed by atoms with E-state index in [1.165, 1.54) is 19.1 Å². The molecule has 2 aromatic carbocycles. The minimum Gasteiger partial charge on any atom is -0.312 e. The number of nitrogens with zero attached hydrogens (tertiary/aromatic N) is 2. The molecular weight excluding hydrogens is 413 g/mol. The highest BCUT2D eigenvalue weighted by Crippen LogP contribution is 2.43. The van der Waals surface area contributed by atoms with Crippen LogP contribution in [0.2, 0.25) is 0 Å². The van der Waals surface area contributed by atoms with E-state index in [9.17, 15) is 27.6 Å². The molecule has 160 valence electrons. The highest BCUT2D eigenvalue weighted by molar-refractivity contribution is 6.08. The molecule has 1 fully saturated rings.